The SMILES string of the molecule is [N-]=[N+]=NC(=O)[C@@H]1C2Oc3ccc(Oc4ccnc5c4CCC(=O)N5)cc3C21. The van der Waals surface area contributed by atoms with Crippen LogP contribution in [0.2, 0.25) is 0 Å². The molecule has 9 heteroatoms. The van der Waals surface area contributed by atoms with Gasteiger partial charge in [-0.15, -0.1) is 0 Å². The van der Waals surface area contributed by atoms with Crippen LogP contribution in [0.1, 0.15) is 23.5 Å². The summed E-state index contributed by atoms with van der Waals surface area (Å²) in [5, 5.41) is 5.92. The summed E-state index contributed by atoms with van der Waals surface area (Å²) in [5.74, 6) is 1.39. The molecule has 2 aliphatic heterocycles. The van der Waals surface area contributed by atoms with E-state index in [-0.39, 0.29) is 17.9 Å². The highest BCUT2D eigenvalue weighted by molar-refractivity contribution is 5.93. The zero-order chi connectivity index (χ0) is 18.5. The first kappa shape index (κ1) is 15.7. The molecule has 1 aliphatic carbocycles. The van der Waals surface area contributed by atoms with Crippen molar-refractivity contribution in [2.24, 2.45) is 11.0 Å². The summed E-state index contributed by atoms with van der Waals surface area (Å²) in [6.45, 7) is 0. The van der Waals surface area contributed by atoms with Crippen LogP contribution in [0.15, 0.2) is 35.6 Å². The summed E-state index contributed by atoms with van der Waals surface area (Å²) in [7, 11) is 0. The summed E-state index contributed by atoms with van der Waals surface area (Å²) in [4.78, 5) is 30.1. The first-order valence-corrected chi connectivity index (χ1v) is 8.51. The number of aromatic nitrogens is 1. The molecule has 5 rings (SSSR count). The van der Waals surface area contributed by atoms with Gasteiger partial charge in [0, 0.05) is 34.6 Å². The molecule has 9 nitrogen and oxygen atoms in total. The minimum atomic E-state index is -0.497. The zero-order valence-corrected chi connectivity index (χ0v) is 14.0. The van der Waals surface area contributed by atoms with E-state index in [1.54, 1.807) is 24.4 Å². The van der Waals surface area contributed by atoms with Crippen LogP contribution in [0.5, 0.6) is 17.2 Å². The lowest BCUT2D eigenvalue weighted by Crippen LogP contribution is -2.20. The van der Waals surface area contributed by atoms with Gasteiger partial charge < -0.3 is 14.8 Å². The van der Waals surface area contributed by atoms with Crippen LogP contribution in [0.25, 0.3) is 10.4 Å². The molecule has 3 atom stereocenters. The number of hydrogen-bond donors (Lipinski definition) is 1. The number of carbonyl (C=O) groups is 2. The number of azide groups is 1. The number of nitrogens with zero attached hydrogens (tertiary/aromatic N) is 4. The number of rotatable bonds is 3. The Morgan fingerprint density at radius 2 is 2.26 bits per heavy atom. The Bertz CT molecular complexity index is 1050. The van der Waals surface area contributed by atoms with Crippen LogP contribution in [-0.2, 0) is 16.0 Å². The fourth-order valence-electron chi connectivity index (χ4n) is 3.79. The van der Waals surface area contributed by atoms with Crippen molar-refractivity contribution < 1.29 is 19.1 Å². The fourth-order valence-corrected chi connectivity index (χ4v) is 3.79. The van der Waals surface area contributed by atoms with Gasteiger partial charge in [-0.1, -0.05) is 0 Å². The summed E-state index contributed by atoms with van der Waals surface area (Å²) in [6, 6.07) is 7.20. The van der Waals surface area contributed by atoms with Crippen LogP contribution in [0.3, 0.4) is 0 Å². The average Bonchev–Trinajstić information content (AvgIpc) is 3.25. The minimum Gasteiger partial charge on any atom is -0.489 e. The third kappa shape index (κ3) is 2.48. The Labute approximate surface area is 152 Å². The van der Waals surface area contributed by atoms with Crippen molar-refractivity contribution in [2.45, 2.75) is 24.9 Å². The van der Waals surface area contributed by atoms with E-state index in [9.17, 15) is 9.59 Å². The predicted octanol–water partition coefficient (Wildman–Crippen LogP) is 3.07. The first-order valence-electron chi connectivity index (χ1n) is 8.51. The molecule has 3 aliphatic rings. The van der Waals surface area contributed by atoms with Crippen LogP contribution >= 0.6 is 0 Å². The van der Waals surface area contributed by atoms with Gasteiger partial charge >= 0.3 is 0 Å². The Balaban J connectivity index is 1.42. The van der Waals surface area contributed by atoms with E-state index in [1.807, 2.05) is 6.07 Å². The third-order valence-electron chi connectivity index (χ3n) is 5.09. The molecular weight excluding hydrogens is 350 g/mol. The smallest absolute Gasteiger partial charge is 0.226 e. The molecule has 1 aromatic carbocycles. The van der Waals surface area contributed by atoms with Crippen molar-refractivity contribution >= 4 is 17.6 Å². The number of benzene rings is 1. The molecule has 0 radical (unpaired) electrons. The molecule has 27 heavy (non-hydrogen) atoms. The molecule has 1 fully saturated rings. The largest absolute Gasteiger partial charge is 0.489 e. The Kier molecular flexibility index (Phi) is 3.32. The van der Waals surface area contributed by atoms with E-state index < -0.39 is 11.8 Å². The Hall–Kier alpha value is -3.58. The van der Waals surface area contributed by atoms with Crippen molar-refractivity contribution in [3.05, 3.63) is 52.0 Å². The fraction of sp³-hybridized carbons (Fsp3) is 0.278. The lowest BCUT2D eigenvalue weighted by atomic mass is 10.1. The van der Waals surface area contributed by atoms with Gasteiger partial charge in [-0.05, 0) is 41.3 Å². The highest BCUT2D eigenvalue weighted by atomic mass is 16.5. The second-order valence-corrected chi connectivity index (χ2v) is 6.65. The quantitative estimate of drug-likeness (QED) is 0.509. The average molecular weight is 363 g/mol. The molecule has 0 bridgehead atoms. The molecule has 2 amide bonds. The Morgan fingerprint density at radius 3 is 3.11 bits per heavy atom. The number of ether oxygens (including phenoxy) is 2. The molecule has 3 heterocycles. The van der Waals surface area contributed by atoms with E-state index >= 15 is 0 Å². The van der Waals surface area contributed by atoms with E-state index in [0.29, 0.717) is 35.9 Å². The molecule has 2 unspecified atom stereocenters. The van der Waals surface area contributed by atoms with Gasteiger partial charge in [0.05, 0.1) is 5.92 Å². The van der Waals surface area contributed by atoms with Gasteiger partial charge in [0.2, 0.25) is 11.8 Å². The van der Waals surface area contributed by atoms with Crippen LogP contribution < -0.4 is 14.8 Å². The monoisotopic (exact) mass is 363 g/mol. The normalized spacial score (nSPS) is 23.7. The van der Waals surface area contributed by atoms with Gasteiger partial charge in [-0.3, -0.25) is 9.59 Å². The second kappa shape index (κ2) is 5.72. The number of carbonyl (C=O) groups excluding carboxylic acids is 2. The van der Waals surface area contributed by atoms with Crippen molar-refractivity contribution in [3.8, 4) is 17.2 Å². The van der Waals surface area contributed by atoms with E-state index in [1.165, 1.54) is 0 Å². The van der Waals surface area contributed by atoms with Crippen LogP contribution in [-0.4, -0.2) is 22.9 Å². The maximum absolute atomic E-state index is 11.8. The lowest BCUT2D eigenvalue weighted by molar-refractivity contribution is -0.120. The van der Waals surface area contributed by atoms with Crippen LogP contribution in [0.4, 0.5) is 5.82 Å². The van der Waals surface area contributed by atoms with E-state index in [0.717, 1.165) is 11.1 Å². The molecule has 0 spiro atoms. The van der Waals surface area contributed by atoms with Crippen molar-refractivity contribution in [1.29, 1.82) is 0 Å². The summed E-state index contributed by atoms with van der Waals surface area (Å²) in [5.41, 5.74) is 10.2. The second-order valence-electron chi connectivity index (χ2n) is 6.65. The van der Waals surface area contributed by atoms with Crippen molar-refractivity contribution in [2.75, 3.05) is 5.32 Å². The molecule has 1 saturated carbocycles. The highest BCUT2D eigenvalue weighted by Gasteiger charge is 2.62. The zero-order valence-electron chi connectivity index (χ0n) is 14.0. The minimum absolute atomic E-state index is 0.0580. The maximum Gasteiger partial charge on any atom is 0.226 e. The van der Waals surface area contributed by atoms with Gasteiger partial charge in [-0.25, -0.2) is 4.98 Å². The number of hydrogen-bond acceptors (Lipinski definition) is 5. The predicted molar refractivity (Wildman–Crippen MR) is 92.5 cm³/mol. The highest BCUT2D eigenvalue weighted by Crippen LogP contribution is 2.59. The Morgan fingerprint density at radius 1 is 1.37 bits per heavy atom. The molecule has 0 saturated heterocycles. The topological polar surface area (TPSA) is 126 Å². The molecule has 1 N–H and O–H groups in total. The number of fused-ring (bicyclic) bond motifs is 4. The maximum atomic E-state index is 11.8. The van der Waals surface area contributed by atoms with Crippen molar-refractivity contribution in [1.82, 2.24) is 4.98 Å². The van der Waals surface area contributed by atoms with E-state index in [4.69, 9.17) is 15.0 Å². The van der Waals surface area contributed by atoms with Gasteiger partial charge in [-0.2, -0.15) is 0 Å². The summed E-state index contributed by atoms with van der Waals surface area (Å²) < 4.78 is 11.8. The molecule has 1 aromatic heterocycles. The van der Waals surface area contributed by atoms with Gasteiger partial charge in [0.1, 0.15) is 29.2 Å². The van der Waals surface area contributed by atoms with Gasteiger partial charge in [0.25, 0.3) is 0 Å². The first-order chi connectivity index (χ1) is 13.2. The number of nitrogens with one attached hydrogen (secondary N) is 1. The number of pyridine rings is 1. The van der Waals surface area contributed by atoms with Crippen LogP contribution in [0, 0.1) is 5.92 Å². The standard InChI is InChI=1S/C18H13N5O4/c19-23-22-18(25)15-14-10-7-8(1-3-11(10)27-16(14)15)26-12-5-6-20-17-9(12)2-4-13(24)21-17/h1,3,5-7,14-16H,2,4H2,(H,20,21,24)/t14?,15-,16?/m0/s1. The van der Waals surface area contributed by atoms with Crippen molar-refractivity contribution in [3.63, 3.8) is 0 Å². The van der Waals surface area contributed by atoms with Gasteiger partial charge in [0.15, 0.2) is 0 Å². The van der Waals surface area contributed by atoms with E-state index in [2.05, 4.69) is 20.3 Å². The molecule has 134 valence electrons. The molecular formula is C18H13N5O4. The number of anilines is 1. The summed E-state index contributed by atoms with van der Waals surface area (Å²) in [6.07, 6.45) is 2.27. The summed E-state index contributed by atoms with van der Waals surface area (Å²) >= 11 is 0. The lowest BCUT2D eigenvalue weighted by Gasteiger charge is -2.19. The number of amides is 2. The third-order valence-corrected chi connectivity index (χ3v) is 5.09. The molecule has 2 aromatic rings.